The lowest BCUT2D eigenvalue weighted by Gasteiger charge is -2.25. The molecule has 1 fully saturated rings. The number of imidazole rings is 1. The Morgan fingerprint density at radius 2 is 2.29 bits per heavy atom. The van der Waals surface area contributed by atoms with Gasteiger partial charge in [-0.1, -0.05) is 13.3 Å². The molecular weight excluding hydrogens is 228 g/mol. The average molecular weight is 250 g/mol. The van der Waals surface area contributed by atoms with Crippen LogP contribution in [0.15, 0.2) is 6.20 Å². The molecule has 2 atom stereocenters. The lowest BCUT2D eigenvalue weighted by atomic mass is 9.98. The van der Waals surface area contributed by atoms with E-state index in [1.54, 1.807) is 0 Å². The van der Waals surface area contributed by atoms with Crippen molar-refractivity contribution in [2.24, 2.45) is 0 Å². The fraction of sp³-hybridized carbons (Fsp3) is 0.786. The van der Waals surface area contributed by atoms with Gasteiger partial charge in [-0.15, -0.1) is 0 Å². The summed E-state index contributed by atoms with van der Waals surface area (Å²) in [4.78, 5) is 4.69. The van der Waals surface area contributed by atoms with Crippen molar-refractivity contribution >= 4 is 11.8 Å². The highest BCUT2D eigenvalue weighted by Crippen LogP contribution is 2.31. The number of thioether (sulfide) groups is 1. The Kier molecular flexibility index (Phi) is 3.46. The van der Waals surface area contributed by atoms with Crippen LogP contribution in [0.25, 0.3) is 0 Å². The van der Waals surface area contributed by atoms with Crippen molar-refractivity contribution in [1.29, 1.82) is 0 Å². The van der Waals surface area contributed by atoms with E-state index in [0.717, 1.165) is 5.25 Å². The van der Waals surface area contributed by atoms with Crippen LogP contribution >= 0.6 is 11.8 Å². The van der Waals surface area contributed by atoms with E-state index in [9.17, 15) is 0 Å². The van der Waals surface area contributed by atoms with Crippen LogP contribution < -0.4 is 0 Å². The normalized spacial score (nSPS) is 29.0. The number of nitrogens with zero attached hydrogens (tertiary/aromatic N) is 2. The van der Waals surface area contributed by atoms with Crippen molar-refractivity contribution < 1.29 is 0 Å². The summed E-state index contributed by atoms with van der Waals surface area (Å²) < 4.78 is 2.50. The quantitative estimate of drug-likeness (QED) is 0.798. The van der Waals surface area contributed by atoms with Gasteiger partial charge in [0.25, 0.3) is 0 Å². The molecular formula is C14H22N2S. The van der Waals surface area contributed by atoms with Crippen molar-refractivity contribution in [1.82, 2.24) is 9.55 Å². The zero-order valence-corrected chi connectivity index (χ0v) is 11.5. The van der Waals surface area contributed by atoms with E-state index in [2.05, 4.69) is 29.4 Å². The predicted octanol–water partition coefficient (Wildman–Crippen LogP) is 3.61. The summed E-state index contributed by atoms with van der Waals surface area (Å²) in [7, 11) is 0. The topological polar surface area (TPSA) is 17.8 Å². The largest absolute Gasteiger partial charge is 0.332 e. The molecule has 0 aromatic carbocycles. The highest BCUT2D eigenvalue weighted by atomic mass is 32.2. The molecule has 1 aromatic heterocycles. The van der Waals surface area contributed by atoms with Gasteiger partial charge in [-0.05, 0) is 37.4 Å². The number of rotatable bonds is 2. The van der Waals surface area contributed by atoms with Gasteiger partial charge >= 0.3 is 0 Å². The second-order valence-corrected chi connectivity index (χ2v) is 6.90. The van der Waals surface area contributed by atoms with Crippen molar-refractivity contribution in [3.8, 4) is 0 Å². The average Bonchev–Trinajstić information content (AvgIpc) is 2.76. The molecule has 17 heavy (non-hydrogen) atoms. The number of hydrogen-bond donors (Lipinski definition) is 0. The number of hydrogen-bond acceptors (Lipinski definition) is 2. The van der Waals surface area contributed by atoms with Crippen molar-refractivity contribution in [2.45, 2.75) is 63.2 Å². The first-order valence-corrected chi connectivity index (χ1v) is 8.05. The Hall–Kier alpha value is -0.440. The van der Waals surface area contributed by atoms with Gasteiger partial charge in [-0.2, -0.15) is 11.8 Å². The summed E-state index contributed by atoms with van der Waals surface area (Å²) in [6, 6.07) is 0. The molecule has 2 aliphatic heterocycles. The van der Waals surface area contributed by atoms with Crippen LogP contribution in [0.2, 0.25) is 0 Å². The van der Waals surface area contributed by atoms with Crippen LogP contribution in [0, 0.1) is 0 Å². The Morgan fingerprint density at radius 3 is 3.12 bits per heavy atom. The van der Waals surface area contributed by atoms with E-state index >= 15 is 0 Å². The third-order valence-electron chi connectivity index (χ3n) is 4.18. The van der Waals surface area contributed by atoms with Gasteiger partial charge in [-0.3, -0.25) is 0 Å². The third kappa shape index (κ3) is 2.40. The molecule has 3 heterocycles. The molecule has 0 amide bonds. The van der Waals surface area contributed by atoms with E-state index < -0.39 is 0 Å². The molecule has 0 saturated carbocycles. The van der Waals surface area contributed by atoms with Gasteiger partial charge in [0.2, 0.25) is 0 Å². The maximum absolute atomic E-state index is 4.69. The van der Waals surface area contributed by atoms with Gasteiger partial charge in [0.1, 0.15) is 5.82 Å². The Morgan fingerprint density at radius 1 is 1.35 bits per heavy atom. The van der Waals surface area contributed by atoms with Gasteiger partial charge in [0, 0.05) is 30.1 Å². The Balaban J connectivity index is 1.74. The van der Waals surface area contributed by atoms with Crippen molar-refractivity contribution in [3.05, 3.63) is 17.7 Å². The van der Waals surface area contributed by atoms with Crippen LogP contribution in [0.4, 0.5) is 0 Å². The summed E-state index contributed by atoms with van der Waals surface area (Å²) in [6.07, 6.45) is 10.2. The van der Waals surface area contributed by atoms with E-state index in [4.69, 9.17) is 4.98 Å². The highest BCUT2D eigenvalue weighted by Gasteiger charge is 2.22. The smallest absolute Gasteiger partial charge is 0.109 e. The Labute approximate surface area is 108 Å². The lowest BCUT2D eigenvalue weighted by Crippen LogP contribution is -2.19. The van der Waals surface area contributed by atoms with Crippen LogP contribution in [0.1, 0.15) is 56.5 Å². The summed E-state index contributed by atoms with van der Waals surface area (Å²) in [5.74, 6) is 3.42. The third-order valence-corrected chi connectivity index (χ3v) is 5.58. The summed E-state index contributed by atoms with van der Waals surface area (Å²) in [6.45, 7) is 3.54. The van der Waals surface area contributed by atoms with Crippen LogP contribution in [0.5, 0.6) is 0 Å². The first-order chi connectivity index (χ1) is 8.34. The molecule has 0 N–H and O–H groups in total. The van der Waals surface area contributed by atoms with Crippen LogP contribution in [-0.2, 0) is 13.0 Å². The monoisotopic (exact) mass is 250 g/mol. The number of fused-ring (bicyclic) bond motifs is 1. The first kappa shape index (κ1) is 11.6. The lowest BCUT2D eigenvalue weighted by molar-refractivity contribution is 0.460. The molecule has 3 rings (SSSR count). The van der Waals surface area contributed by atoms with Crippen LogP contribution in [-0.4, -0.2) is 20.6 Å². The van der Waals surface area contributed by atoms with Gasteiger partial charge in [0.05, 0.1) is 0 Å². The van der Waals surface area contributed by atoms with E-state index in [1.165, 1.54) is 62.3 Å². The highest BCUT2D eigenvalue weighted by molar-refractivity contribution is 7.99. The van der Waals surface area contributed by atoms with Gasteiger partial charge in [-0.25, -0.2) is 4.98 Å². The molecule has 2 nitrogen and oxygen atoms in total. The molecule has 0 radical (unpaired) electrons. The van der Waals surface area contributed by atoms with Gasteiger partial charge < -0.3 is 4.57 Å². The fourth-order valence-corrected chi connectivity index (χ4v) is 4.42. The molecule has 2 aliphatic rings. The summed E-state index contributed by atoms with van der Waals surface area (Å²) in [5, 5.41) is 0.826. The molecule has 3 heteroatoms. The first-order valence-electron chi connectivity index (χ1n) is 7.00. The minimum Gasteiger partial charge on any atom is -0.332 e. The molecule has 94 valence electrons. The second-order valence-electron chi connectivity index (χ2n) is 5.49. The van der Waals surface area contributed by atoms with Crippen LogP contribution in [0.3, 0.4) is 0 Å². The zero-order chi connectivity index (χ0) is 11.7. The molecule has 0 bridgehead atoms. The van der Waals surface area contributed by atoms with E-state index in [1.807, 2.05) is 0 Å². The predicted molar refractivity (Wildman–Crippen MR) is 73.7 cm³/mol. The summed E-state index contributed by atoms with van der Waals surface area (Å²) >= 11 is 2.16. The minimum atomic E-state index is 0.712. The zero-order valence-electron chi connectivity index (χ0n) is 10.7. The molecule has 0 aliphatic carbocycles. The number of aromatic nitrogens is 2. The molecule has 0 spiro atoms. The summed E-state index contributed by atoms with van der Waals surface area (Å²) in [5.41, 5.74) is 1.48. The SMILES string of the molecule is CC1CCCn2c1cnc2CC1CCCCS1. The Bertz CT molecular complexity index is 380. The molecule has 1 aromatic rings. The minimum absolute atomic E-state index is 0.712. The maximum Gasteiger partial charge on any atom is 0.109 e. The van der Waals surface area contributed by atoms with Crippen molar-refractivity contribution in [2.75, 3.05) is 5.75 Å². The van der Waals surface area contributed by atoms with E-state index in [-0.39, 0.29) is 0 Å². The molecule has 2 unspecified atom stereocenters. The fourth-order valence-electron chi connectivity index (χ4n) is 3.12. The maximum atomic E-state index is 4.69. The molecule has 1 saturated heterocycles. The van der Waals surface area contributed by atoms with Crippen molar-refractivity contribution in [3.63, 3.8) is 0 Å². The second kappa shape index (κ2) is 5.05. The van der Waals surface area contributed by atoms with E-state index in [0.29, 0.717) is 5.92 Å². The van der Waals surface area contributed by atoms with Gasteiger partial charge in [0.15, 0.2) is 0 Å². The standard InChI is InChI=1S/C14H22N2S/c1-11-5-4-7-16-13(11)10-15-14(16)9-12-6-2-3-8-17-12/h10-12H,2-9H2,1H3.